The predicted molar refractivity (Wildman–Crippen MR) is 145 cm³/mol. The van der Waals surface area contributed by atoms with Crippen molar-refractivity contribution in [2.24, 2.45) is 0 Å². The Kier molecular flexibility index (Phi) is 7.63. The zero-order valence-corrected chi connectivity index (χ0v) is 29.1. The fraction of sp³-hybridized carbons (Fsp3) is 0.483. The summed E-state index contributed by atoms with van der Waals surface area (Å²) < 4.78 is 22.9. The SMILES string of the molecule is COc1c(C)cc2c(c1O)[C@@H]1C3[C@@H]4SCC(=O)C(=O)OC[C@@H](c5c6c(c(C)c(O)c54)OCO6)N3C(C#N)[C@H](C2)N1C.[Ac]. The van der Waals surface area contributed by atoms with Crippen molar-refractivity contribution in [2.45, 2.75) is 55.7 Å². The first-order chi connectivity index (χ1) is 19.7. The van der Waals surface area contributed by atoms with Gasteiger partial charge in [-0.25, -0.2) is 4.79 Å². The van der Waals surface area contributed by atoms with E-state index in [1.165, 1.54) is 18.9 Å². The van der Waals surface area contributed by atoms with E-state index in [0.717, 1.165) is 11.1 Å². The topological polar surface area (TPSA) is 142 Å². The smallest absolute Gasteiger partial charge is 0.375 e. The van der Waals surface area contributed by atoms with Crippen LogP contribution in [0.25, 0.3) is 0 Å². The number of likely N-dealkylation sites (N-methyl/N-ethyl adjacent to an activating group) is 1. The van der Waals surface area contributed by atoms with E-state index in [4.69, 9.17) is 18.9 Å². The largest absolute Gasteiger partial charge is 0.507 e. The molecule has 5 aliphatic heterocycles. The number of ether oxygens (including phenoxy) is 4. The number of thioether (sulfide) groups is 1. The molecular formula is C29H29AcN3O8S. The van der Waals surface area contributed by atoms with Gasteiger partial charge in [0.15, 0.2) is 23.0 Å². The van der Waals surface area contributed by atoms with Crippen molar-refractivity contribution < 1.29 is 82.8 Å². The second-order valence-electron chi connectivity index (χ2n) is 11.2. The van der Waals surface area contributed by atoms with Crippen LogP contribution in [0.3, 0.4) is 0 Å². The van der Waals surface area contributed by atoms with E-state index in [1.54, 1.807) is 6.92 Å². The summed E-state index contributed by atoms with van der Waals surface area (Å²) in [6, 6.07) is 1.99. The minimum absolute atomic E-state index is 0. The zero-order chi connectivity index (χ0) is 28.9. The third-order valence-corrected chi connectivity index (χ3v) is 10.6. The Morgan fingerprint density at radius 1 is 1.10 bits per heavy atom. The van der Waals surface area contributed by atoms with Gasteiger partial charge in [0.25, 0.3) is 0 Å². The van der Waals surface area contributed by atoms with Gasteiger partial charge in [-0.15, -0.1) is 11.8 Å². The molecule has 0 aliphatic carbocycles. The van der Waals surface area contributed by atoms with Crippen molar-refractivity contribution in [3.63, 3.8) is 0 Å². The van der Waals surface area contributed by atoms with Gasteiger partial charge in [-0.1, -0.05) is 6.07 Å². The van der Waals surface area contributed by atoms with Crippen LogP contribution in [0.1, 0.15) is 50.7 Å². The van der Waals surface area contributed by atoms with E-state index >= 15 is 0 Å². The van der Waals surface area contributed by atoms with E-state index in [1.807, 2.05) is 20.0 Å². The second kappa shape index (κ2) is 10.7. The minimum Gasteiger partial charge on any atom is -0.507 e. The number of hydrogen-bond donors (Lipinski definition) is 2. The molecule has 11 nitrogen and oxygen atoms in total. The molecule has 4 bridgehead atoms. The van der Waals surface area contributed by atoms with Crippen molar-refractivity contribution in [3.05, 3.63) is 39.4 Å². The normalized spacial score (nSPS) is 29.4. The number of carbonyl (C=O) groups is 2. The van der Waals surface area contributed by atoms with Crippen LogP contribution < -0.4 is 14.2 Å². The monoisotopic (exact) mass is 806 g/mol. The molecule has 0 saturated carbocycles. The number of aromatic hydroxyl groups is 2. The number of hydrogen-bond acceptors (Lipinski definition) is 12. The molecule has 0 amide bonds. The molecule has 217 valence electrons. The van der Waals surface area contributed by atoms with E-state index in [9.17, 15) is 25.1 Å². The van der Waals surface area contributed by atoms with Crippen LogP contribution in [0.2, 0.25) is 0 Å². The number of phenols is 2. The third kappa shape index (κ3) is 3.95. The Bertz CT molecular complexity index is 1580. The minimum atomic E-state index is -0.931. The average Bonchev–Trinajstić information content (AvgIpc) is 3.44. The van der Waals surface area contributed by atoms with Crippen LogP contribution in [-0.4, -0.2) is 83.2 Å². The molecule has 0 aromatic heterocycles. The number of benzene rings is 2. The second-order valence-corrected chi connectivity index (χ2v) is 12.3. The van der Waals surface area contributed by atoms with Crippen molar-refractivity contribution in [1.82, 2.24) is 9.80 Å². The molecule has 2 unspecified atom stereocenters. The first-order valence-electron chi connectivity index (χ1n) is 13.4. The van der Waals surface area contributed by atoms with E-state index in [-0.39, 0.29) is 80.8 Å². The number of rotatable bonds is 1. The Morgan fingerprint density at radius 2 is 1.83 bits per heavy atom. The van der Waals surface area contributed by atoms with Crippen LogP contribution in [0, 0.1) is 69.2 Å². The molecule has 2 N–H and O–H groups in total. The van der Waals surface area contributed by atoms with Crippen LogP contribution in [0.4, 0.5) is 0 Å². The van der Waals surface area contributed by atoms with Gasteiger partial charge in [0, 0.05) is 78.4 Å². The van der Waals surface area contributed by atoms with Crippen LogP contribution in [-0.2, 0) is 20.7 Å². The summed E-state index contributed by atoms with van der Waals surface area (Å²) in [6.07, 6.45) is 0.509. The number of cyclic esters (lactones) is 1. The Morgan fingerprint density at radius 3 is 2.55 bits per heavy atom. The first-order valence-corrected chi connectivity index (χ1v) is 14.5. The summed E-state index contributed by atoms with van der Waals surface area (Å²) in [4.78, 5) is 29.6. The average molecular weight is 807 g/mol. The number of aryl methyl sites for hydroxylation is 1. The van der Waals surface area contributed by atoms with Crippen molar-refractivity contribution in [2.75, 3.05) is 33.3 Å². The molecule has 5 heterocycles. The summed E-state index contributed by atoms with van der Waals surface area (Å²) in [5.74, 6) is -0.472. The molecule has 7 rings (SSSR count). The number of esters is 1. The van der Waals surface area contributed by atoms with Gasteiger partial charge in [-0.2, -0.15) is 5.26 Å². The van der Waals surface area contributed by atoms with Gasteiger partial charge in [0.05, 0.1) is 36.3 Å². The third-order valence-electron chi connectivity index (χ3n) is 9.32. The molecule has 2 fully saturated rings. The zero-order valence-electron chi connectivity index (χ0n) is 23.5. The number of phenolic OH excluding ortho intramolecular Hbond substituents is 2. The van der Waals surface area contributed by atoms with E-state index < -0.39 is 41.2 Å². The molecule has 2 aromatic rings. The van der Waals surface area contributed by atoms with E-state index in [0.29, 0.717) is 45.9 Å². The predicted octanol–water partition coefficient (Wildman–Crippen LogP) is 2.58. The first kappa shape index (κ1) is 29.8. The number of carbonyl (C=O) groups excluding carboxylic acids is 2. The molecule has 13 heteroatoms. The maximum atomic E-state index is 12.8. The number of fused-ring (bicyclic) bond motifs is 9. The van der Waals surface area contributed by atoms with Crippen LogP contribution in [0.5, 0.6) is 28.7 Å². The molecule has 0 spiro atoms. The number of nitrogens with zero attached hydrogens (tertiary/aromatic N) is 3. The summed E-state index contributed by atoms with van der Waals surface area (Å²) >= 11 is 1.22. The molecular weight excluding hydrogens is 777 g/mol. The standard InChI is InChI=1S/C29H29N3O8S.Ac/c1-11-5-13-6-14-15(7-30)32-16-8-38-29(36)17(33)9-41-28(20-19(16)27-26(39-10-40-27)12(2)23(20)34)22(32)21(31(14)3)18(13)24(35)25(11)37-4;/h5,14-16,21-22,28,34-35H,6,8-10H2,1-4H3;/t14-,15?,16-,21+,22?,28+;/m0./s1. The van der Waals surface area contributed by atoms with Crippen molar-refractivity contribution >= 4 is 23.5 Å². The van der Waals surface area contributed by atoms with Crippen molar-refractivity contribution in [1.29, 1.82) is 5.26 Å². The summed E-state index contributed by atoms with van der Waals surface area (Å²) in [6.45, 7) is 3.37. The van der Waals surface area contributed by atoms with Gasteiger partial charge < -0.3 is 29.2 Å². The fourth-order valence-corrected chi connectivity index (χ4v) is 8.98. The van der Waals surface area contributed by atoms with E-state index in [2.05, 4.69) is 15.9 Å². The Hall–Kier alpha value is -2.22. The summed E-state index contributed by atoms with van der Waals surface area (Å²) in [5.41, 5.74) is 4.11. The molecule has 1 radical (unpaired) electrons. The fourth-order valence-electron chi connectivity index (χ4n) is 7.64. The quantitative estimate of drug-likeness (QED) is 0.324. The Balaban J connectivity index is 0.00000316. The van der Waals surface area contributed by atoms with Gasteiger partial charge in [-0.3, -0.25) is 14.6 Å². The van der Waals surface area contributed by atoms with Crippen LogP contribution in [0.15, 0.2) is 6.07 Å². The summed E-state index contributed by atoms with van der Waals surface area (Å²) in [7, 11) is 3.46. The molecule has 42 heavy (non-hydrogen) atoms. The van der Waals surface area contributed by atoms with Crippen molar-refractivity contribution in [3.8, 4) is 34.8 Å². The number of Topliss-reactive ketones (excluding diaryl/α,β-unsaturated/α-hetero) is 1. The maximum Gasteiger partial charge on any atom is 0.375 e. The van der Waals surface area contributed by atoms with Crippen LogP contribution >= 0.6 is 11.8 Å². The number of nitriles is 1. The molecule has 2 aromatic carbocycles. The maximum absolute atomic E-state index is 12.8. The van der Waals surface area contributed by atoms with Gasteiger partial charge in [0.1, 0.15) is 18.4 Å². The molecule has 5 aliphatic rings. The van der Waals surface area contributed by atoms with Gasteiger partial charge >= 0.3 is 5.97 Å². The van der Waals surface area contributed by atoms with Gasteiger partial charge in [-0.05, 0) is 38.4 Å². The number of methoxy groups -OCH3 is 1. The number of piperazine rings is 1. The summed E-state index contributed by atoms with van der Waals surface area (Å²) in [5, 5.41) is 33.4. The molecule has 2 saturated heterocycles. The Labute approximate surface area is 282 Å². The number of ketones is 1. The van der Waals surface area contributed by atoms with Gasteiger partial charge in [0.2, 0.25) is 12.6 Å². The molecule has 6 atom stereocenters.